The number of anilines is 1. The average molecular weight is 355 g/mol. The van der Waals surface area contributed by atoms with Gasteiger partial charge >= 0.3 is 0 Å². The Morgan fingerprint density at radius 3 is 2.64 bits per heavy atom. The lowest BCUT2D eigenvalue weighted by molar-refractivity contribution is -0.135. The van der Waals surface area contributed by atoms with Crippen LogP contribution >= 0.6 is 0 Å². The fourth-order valence-electron chi connectivity index (χ4n) is 2.10. The van der Waals surface area contributed by atoms with Gasteiger partial charge in [-0.1, -0.05) is 6.92 Å². The first-order valence-electron chi connectivity index (χ1n) is 7.46. The zero-order chi connectivity index (χ0) is 18.4. The molecule has 134 valence electrons. The van der Waals surface area contributed by atoms with Gasteiger partial charge in [-0.3, -0.25) is 9.59 Å². The summed E-state index contributed by atoms with van der Waals surface area (Å²) >= 11 is 0. The van der Waals surface area contributed by atoms with Crippen molar-refractivity contribution in [2.45, 2.75) is 19.9 Å². The standard InChI is InChI=1S/C15H16F3N5O2/c1-2-5-22(13(25)7-23-9-19-8-20-23)6-12(24)21-11-4-3-10(16)14(17)15(11)18/h3-4,8-9H,2,5-7H2,1H3,(H,21,24). The molecule has 0 bridgehead atoms. The molecule has 0 aliphatic rings. The predicted octanol–water partition coefficient (Wildman–Crippen LogP) is 1.57. The van der Waals surface area contributed by atoms with Crippen LogP contribution in [0.3, 0.4) is 0 Å². The highest BCUT2D eigenvalue weighted by Gasteiger charge is 2.19. The lowest BCUT2D eigenvalue weighted by Crippen LogP contribution is -2.40. The number of amides is 2. The molecule has 0 radical (unpaired) electrons. The van der Waals surface area contributed by atoms with Crippen LogP contribution in [0.15, 0.2) is 24.8 Å². The van der Waals surface area contributed by atoms with E-state index in [9.17, 15) is 22.8 Å². The molecule has 2 rings (SSSR count). The first-order valence-corrected chi connectivity index (χ1v) is 7.46. The van der Waals surface area contributed by atoms with Crippen molar-refractivity contribution in [3.63, 3.8) is 0 Å². The van der Waals surface area contributed by atoms with Crippen LogP contribution < -0.4 is 5.32 Å². The molecule has 10 heteroatoms. The Hall–Kier alpha value is -2.91. The smallest absolute Gasteiger partial charge is 0.244 e. The van der Waals surface area contributed by atoms with E-state index in [2.05, 4.69) is 15.4 Å². The second-order valence-corrected chi connectivity index (χ2v) is 5.18. The highest BCUT2D eigenvalue weighted by Crippen LogP contribution is 2.19. The van der Waals surface area contributed by atoms with Gasteiger partial charge in [0, 0.05) is 6.54 Å². The molecule has 0 atom stereocenters. The number of hydrogen-bond donors (Lipinski definition) is 1. The van der Waals surface area contributed by atoms with Crippen molar-refractivity contribution in [2.24, 2.45) is 0 Å². The van der Waals surface area contributed by atoms with E-state index >= 15 is 0 Å². The van der Waals surface area contributed by atoms with Crippen LogP contribution in [0.25, 0.3) is 0 Å². The number of nitrogens with one attached hydrogen (secondary N) is 1. The number of hydrogen-bond acceptors (Lipinski definition) is 4. The molecule has 0 aliphatic heterocycles. The van der Waals surface area contributed by atoms with Crippen LogP contribution in [-0.2, 0) is 16.1 Å². The summed E-state index contributed by atoms with van der Waals surface area (Å²) in [6.07, 6.45) is 3.23. The lowest BCUT2D eigenvalue weighted by Gasteiger charge is -2.21. The highest BCUT2D eigenvalue weighted by molar-refractivity contribution is 5.94. The van der Waals surface area contributed by atoms with Gasteiger partial charge in [0.15, 0.2) is 17.5 Å². The quantitative estimate of drug-likeness (QED) is 0.765. The first kappa shape index (κ1) is 18.4. The van der Waals surface area contributed by atoms with Crippen molar-refractivity contribution in [1.82, 2.24) is 19.7 Å². The number of carbonyl (C=O) groups excluding carboxylic acids is 2. The van der Waals surface area contributed by atoms with Crippen molar-refractivity contribution in [2.75, 3.05) is 18.4 Å². The Bertz CT molecular complexity index is 752. The SMILES string of the molecule is CCCN(CC(=O)Nc1ccc(F)c(F)c1F)C(=O)Cn1cncn1. The first-order chi connectivity index (χ1) is 11.9. The van der Waals surface area contributed by atoms with E-state index < -0.39 is 29.0 Å². The molecule has 1 heterocycles. The number of carbonyl (C=O) groups is 2. The van der Waals surface area contributed by atoms with Crippen molar-refractivity contribution in [1.29, 1.82) is 0 Å². The van der Waals surface area contributed by atoms with E-state index in [4.69, 9.17) is 0 Å². The van der Waals surface area contributed by atoms with Crippen LogP contribution in [-0.4, -0.2) is 44.6 Å². The van der Waals surface area contributed by atoms with Gasteiger partial charge in [0.1, 0.15) is 19.2 Å². The minimum absolute atomic E-state index is 0.104. The summed E-state index contributed by atoms with van der Waals surface area (Å²) in [7, 11) is 0. The molecular weight excluding hydrogens is 339 g/mol. The molecule has 0 aliphatic carbocycles. The molecule has 7 nitrogen and oxygen atoms in total. The number of aromatic nitrogens is 3. The monoisotopic (exact) mass is 355 g/mol. The molecule has 1 aromatic carbocycles. The molecule has 0 saturated heterocycles. The maximum absolute atomic E-state index is 13.6. The minimum atomic E-state index is -1.68. The number of benzene rings is 1. The van der Waals surface area contributed by atoms with Crippen LogP contribution in [0.4, 0.5) is 18.9 Å². The van der Waals surface area contributed by atoms with Gasteiger partial charge in [-0.15, -0.1) is 0 Å². The Balaban J connectivity index is 2.02. The molecule has 1 aromatic heterocycles. The molecule has 25 heavy (non-hydrogen) atoms. The maximum Gasteiger partial charge on any atom is 0.244 e. The van der Waals surface area contributed by atoms with Gasteiger partial charge in [0.25, 0.3) is 0 Å². The van der Waals surface area contributed by atoms with E-state index in [0.717, 1.165) is 6.07 Å². The fraction of sp³-hybridized carbons (Fsp3) is 0.333. The predicted molar refractivity (Wildman–Crippen MR) is 81.8 cm³/mol. The largest absolute Gasteiger partial charge is 0.332 e. The van der Waals surface area contributed by atoms with Gasteiger partial charge in [-0.2, -0.15) is 5.10 Å². The van der Waals surface area contributed by atoms with E-state index in [-0.39, 0.29) is 19.0 Å². The van der Waals surface area contributed by atoms with Gasteiger partial charge in [-0.05, 0) is 18.6 Å². The number of nitrogens with zero attached hydrogens (tertiary/aromatic N) is 4. The number of halogens is 3. The van der Waals surface area contributed by atoms with E-state index in [1.165, 1.54) is 22.2 Å². The third-order valence-electron chi connectivity index (χ3n) is 3.25. The van der Waals surface area contributed by atoms with Gasteiger partial charge < -0.3 is 10.2 Å². The molecule has 0 unspecified atom stereocenters. The molecule has 2 amide bonds. The Kier molecular flexibility index (Phi) is 6.09. The van der Waals surface area contributed by atoms with Crippen molar-refractivity contribution < 1.29 is 22.8 Å². The van der Waals surface area contributed by atoms with Crippen LogP contribution in [0.5, 0.6) is 0 Å². The molecule has 0 fully saturated rings. The van der Waals surface area contributed by atoms with Crippen molar-refractivity contribution in [3.8, 4) is 0 Å². The molecule has 0 spiro atoms. The second-order valence-electron chi connectivity index (χ2n) is 5.18. The highest BCUT2D eigenvalue weighted by atomic mass is 19.2. The van der Waals surface area contributed by atoms with E-state index in [1.54, 1.807) is 0 Å². The Labute approximate surface area is 141 Å². The third-order valence-corrected chi connectivity index (χ3v) is 3.25. The van der Waals surface area contributed by atoms with Crippen molar-refractivity contribution in [3.05, 3.63) is 42.2 Å². The van der Waals surface area contributed by atoms with Gasteiger partial charge in [-0.25, -0.2) is 22.8 Å². The van der Waals surface area contributed by atoms with Crippen LogP contribution in [0.1, 0.15) is 13.3 Å². The summed E-state index contributed by atoms with van der Waals surface area (Å²) in [6.45, 7) is 1.65. The normalized spacial score (nSPS) is 10.6. The molecular formula is C15H16F3N5O2. The van der Waals surface area contributed by atoms with E-state index in [0.29, 0.717) is 19.0 Å². The lowest BCUT2D eigenvalue weighted by atomic mass is 10.2. The summed E-state index contributed by atoms with van der Waals surface area (Å²) < 4.78 is 41.0. The van der Waals surface area contributed by atoms with Crippen LogP contribution in [0, 0.1) is 17.5 Å². The summed E-state index contributed by atoms with van der Waals surface area (Å²) in [5.41, 5.74) is -0.496. The molecule has 0 saturated carbocycles. The van der Waals surface area contributed by atoms with Gasteiger partial charge in [0.2, 0.25) is 11.8 Å². The van der Waals surface area contributed by atoms with Crippen molar-refractivity contribution >= 4 is 17.5 Å². The molecule has 2 aromatic rings. The summed E-state index contributed by atoms with van der Waals surface area (Å²) in [5.74, 6) is -5.64. The minimum Gasteiger partial charge on any atom is -0.332 e. The summed E-state index contributed by atoms with van der Waals surface area (Å²) in [4.78, 5) is 29.2. The fourth-order valence-corrected chi connectivity index (χ4v) is 2.10. The zero-order valence-corrected chi connectivity index (χ0v) is 13.4. The van der Waals surface area contributed by atoms with Gasteiger partial charge in [0.05, 0.1) is 12.2 Å². The molecule has 1 N–H and O–H groups in total. The number of rotatable bonds is 7. The Morgan fingerprint density at radius 1 is 1.24 bits per heavy atom. The van der Waals surface area contributed by atoms with E-state index in [1.807, 2.05) is 6.92 Å². The Morgan fingerprint density at radius 2 is 2.00 bits per heavy atom. The second kappa shape index (κ2) is 8.27. The zero-order valence-electron chi connectivity index (χ0n) is 13.4. The summed E-state index contributed by atoms with van der Waals surface area (Å²) in [6, 6.07) is 1.61. The third kappa shape index (κ3) is 4.78. The average Bonchev–Trinajstić information content (AvgIpc) is 3.08. The van der Waals surface area contributed by atoms with Crippen LogP contribution in [0.2, 0.25) is 0 Å². The maximum atomic E-state index is 13.6. The topological polar surface area (TPSA) is 80.1 Å². The summed E-state index contributed by atoms with van der Waals surface area (Å²) in [5, 5.41) is 5.94.